The Morgan fingerprint density at radius 2 is 2.27 bits per heavy atom. The summed E-state index contributed by atoms with van der Waals surface area (Å²) in [5.41, 5.74) is 2.25. The normalized spacial score (nSPS) is 14.2. The van der Waals surface area contributed by atoms with Gasteiger partial charge in [0.2, 0.25) is 0 Å². The highest BCUT2D eigenvalue weighted by atomic mass is 16.5. The quantitative estimate of drug-likeness (QED) is 0.708. The number of hydrogen-bond donors (Lipinski definition) is 1. The van der Waals surface area contributed by atoms with Crippen molar-refractivity contribution in [2.24, 2.45) is 0 Å². The fraction of sp³-hybridized carbons (Fsp3) is 0.250. The lowest BCUT2D eigenvalue weighted by Crippen LogP contribution is -2.18. The summed E-state index contributed by atoms with van der Waals surface area (Å²) in [6.07, 6.45) is 0. The highest BCUT2D eigenvalue weighted by molar-refractivity contribution is 5.83. The van der Waals surface area contributed by atoms with Crippen molar-refractivity contribution in [2.75, 3.05) is 18.5 Å². The minimum absolute atomic E-state index is 0.714. The SMILES string of the molecule is Cc1ccc2cc3c(nc2c1)NCCO3. The minimum Gasteiger partial charge on any atom is -0.488 e. The first-order valence-electron chi connectivity index (χ1n) is 5.11. The fourth-order valence-corrected chi connectivity index (χ4v) is 1.82. The fourth-order valence-electron chi connectivity index (χ4n) is 1.82. The van der Waals surface area contributed by atoms with E-state index >= 15 is 0 Å². The summed E-state index contributed by atoms with van der Waals surface area (Å²) in [4.78, 5) is 4.54. The molecule has 0 fully saturated rings. The third-order valence-electron chi connectivity index (χ3n) is 2.59. The number of hydrogen-bond acceptors (Lipinski definition) is 3. The van der Waals surface area contributed by atoms with Crippen LogP contribution in [0.2, 0.25) is 0 Å². The van der Waals surface area contributed by atoms with Gasteiger partial charge >= 0.3 is 0 Å². The van der Waals surface area contributed by atoms with Crippen LogP contribution < -0.4 is 10.1 Å². The molecule has 0 atom stereocenters. The van der Waals surface area contributed by atoms with Gasteiger partial charge in [0, 0.05) is 5.39 Å². The van der Waals surface area contributed by atoms with Gasteiger partial charge in [0.05, 0.1) is 12.1 Å². The zero-order valence-corrected chi connectivity index (χ0v) is 8.58. The number of nitrogens with zero attached hydrogens (tertiary/aromatic N) is 1. The van der Waals surface area contributed by atoms with Gasteiger partial charge in [-0.2, -0.15) is 0 Å². The van der Waals surface area contributed by atoms with Gasteiger partial charge in [0.15, 0.2) is 11.6 Å². The molecular weight excluding hydrogens is 188 g/mol. The molecule has 1 aliphatic heterocycles. The standard InChI is InChI=1S/C12H12N2O/c1-8-2-3-9-7-11-12(13-4-5-15-11)14-10(9)6-8/h2-3,6-7H,4-5H2,1H3,(H,13,14). The number of pyridine rings is 1. The minimum atomic E-state index is 0.714. The van der Waals surface area contributed by atoms with Gasteiger partial charge in [-0.25, -0.2) is 4.98 Å². The second-order valence-electron chi connectivity index (χ2n) is 3.81. The summed E-state index contributed by atoms with van der Waals surface area (Å²) in [6, 6.07) is 8.30. The van der Waals surface area contributed by atoms with E-state index in [0.717, 1.165) is 29.0 Å². The first-order chi connectivity index (χ1) is 7.33. The lowest BCUT2D eigenvalue weighted by Gasteiger charge is -2.18. The number of anilines is 1. The van der Waals surface area contributed by atoms with Gasteiger partial charge < -0.3 is 10.1 Å². The molecular formula is C12H12N2O. The molecule has 1 aromatic heterocycles. The monoisotopic (exact) mass is 200 g/mol. The Morgan fingerprint density at radius 3 is 3.20 bits per heavy atom. The van der Waals surface area contributed by atoms with Crippen LogP contribution in [0.15, 0.2) is 24.3 Å². The maximum Gasteiger partial charge on any atom is 0.169 e. The molecule has 2 aromatic rings. The number of fused-ring (bicyclic) bond motifs is 2. The zero-order chi connectivity index (χ0) is 10.3. The number of aryl methyl sites for hydroxylation is 1. The van der Waals surface area contributed by atoms with Crippen LogP contribution in [0.4, 0.5) is 5.82 Å². The number of ether oxygens (including phenoxy) is 1. The molecule has 15 heavy (non-hydrogen) atoms. The van der Waals surface area contributed by atoms with E-state index in [1.54, 1.807) is 0 Å². The number of aromatic nitrogens is 1. The molecule has 76 valence electrons. The van der Waals surface area contributed by atoms with Gasteiger partial charge in [0.25, 0.3) is 0 Å². The smallest absolute Gasteiger partial charge is 0.169 e. The highest BCUT2D eigenvalue weighted by Gasteiger charge is 2.11. The maximum atomic E-state index is 5.54. The van der Waals surface area contributed by atoms with E-state index in [-0.39, 0.29) is 0 Å². The topological polar surface area (TPSA) is 34.2 Å². The van der Waals surface area contributed by atoms with Crippen molar-refractivity contribution in [1.82, 2.24) is 4.98 Å². The van der Waals surface area contributed by atoms with Crippen molar-refractivity contribution in [2.45, 2.75) is 6.92 Å². The lowest BCUT2D eigenvalue weighted by molar-refractivity contribution is 0.322. The van der Waals surface area contributed by atoms with Crippen molar-refractivity contribution >= 4 is 16.7 Å². The molecule has 0 radical (unpaired) electrons. The van der Waals surface area contributed by atoms with Crippen molar-refractivity contribution < 1.29 is 4.74 Å². The molecule has 2 heterocycles. The van der Waals surface area contributed by atoms with Gasteiger partial charge in [-0.1, -0.05) is 12.1 Å². The number of benzene rings is 1. The van der Waals surface area contributed by atoms with Crippen molar-refractivity contribution in [3.63, 3.8) is 0 Å². The van der Waals surface area contributed by atoms with E-state index in [9.17, 15) is 0 Å². The first-order valence-corrected chi connectivity index (χ1v) is 5.11. The van der Waals surface area contributed by atoms with Crippen LogP contribution >= 0.6 is 0 Å². The second-order valence-corrected chi connectivity index (χ2v) is 3.81. The third-order valence-corrected chi connectivity index (χ3v) is 2.59. The molecule has 0 saturated carbocycles. The molecule has 0 saturated heterocycles. The summed E-state index contributed by atoms with van der Waals surface area (Å²) in [5.74, 6) is 1.72. The van der Waals surface area contributed by atoms with Crippen LogP contribution in [-0.2, 0) is 0 Å². The van der Waals surface area contributed by atoms with E-state index in [1.165, 1.54) is 5.56 Å². The van der Waals surface area contributed by atoms with Gasteiger partial charge in [-0.3, -0.25) is 0 Å². The average Bonchev–Trinajstić information content (AvgIpc) is 2.26. The molecule has 0 aliphatic carbocycles. The maximum absolute atomic E-state index is 5.54. The van der Waals surface area contributed by atoms with Gasteiger partial charge in [-0.15, -0.1) is 0 Å². The Kier molecular flexibility index (Phi) is 1.78. The second kappa shape index (κ2) is 3.12. The Hall–Kier alpha value is -1.77. The Morgan fingerprint density at radius 1 is 1.33 bits per heavy atom. The van der Waals surface area contributed by atoms with Crippen molar-refractivity contribution in [1.29, 1.82) is 0 Å². The predicted octanol–water partition coefficient (Wildman–Crippen LogP) is 2.35. The molecule has 0 spiro atoms. The van der Waals surface area contributed by atoms with E-state index < -0.39 is 0 Å². The Balaban J connectivity index is 2.26. The predicted molar refractivity (Wildman–Crippen MR) is 60.5 cm³/mol. The van der Waals surface area contributed by atoms with E-state index in [1.807, 2.05) is 6.07 Å². The van der Waals surface area contributed by atoms with E-state index in [2.05, 4.69) is 35.4 Å². The average molecular weight is 200 g/mol. The molecule has 1 N–H and O–H groups in total. The molecule has 0 amide bonds. The number of rotatable bonds is 0. The van der Waals surface area contributed by atoms with E-state index in [4.69, 9.17) is 4.74 Å². The molecule has 0 bridgehead atoms. The third kappa shape index (κ3) is 1.40. The molecule has 1 aliphatic rings. The Labute approximate surface area is 88.1 Å². The highest BCUT2D eigenvalue weighted by Crippen LogP contribution is 2.29. The van der Waals surface area contributed by atoms with Crippen molar-refractivity contribution in [3.8, 4) is 5.75 Å². The molecule has 3 nitrogen and oxygen atoms in total. The Bertz CT molecular complexity index is 522. The molecule has 3 rings (SSSR count). The first kappa shape index (κ1) is 8.53. The summed E-state index contributed by atoms with van der Waals surface area (Å²) >= 11 is 0. The molecule has 3 heteroatoms. The lowest BCUT2D eigenvalue weighted by atomic mass is 10.1. The zero-order valence-electron chi connectivity index (χ0n) is 8.58. The summed E-state index contributed by atoms with van der Waals surface area (Å²) in [7, 11) is 0. The van der Waals surface area contributed by atoms with Crippen LogP contribution in [-0.4, -0.2) is 18.1 Å². The van der Waals surface area contributed by atoms with Crippen LogP contribution in [0.1, 0.15) is 5.56 Å². The summed E-state index contributed by atoms with van der Waals surface area (Å²) < 4.78 is 5.54. The van der Waals surface area contributed by atoms with Gasteiger partial charge in [-0.05, 0) is 24.6 Å². The van der Waals surface area contributed by atoms with Crippen LogP contribution in [0.3, 0.4) is 0 Å². The van der Waals surface area contributed by atoms with Crippen LogP contribution in [0.5, 0.6) is 5.75 Å². The number of nitrogens with one attached hydrogen (secondary N) is 1. The molecule has 1 aromatic carbocycles. The largest absolute Gasteiger partial charge is 0.488 e. The van der Waals surface area contributed by atoms with E-state index in [0.29, 0.717) is 6.61 Å². The molecule has 0 unspecified atom stereocenters. The van der Waals surface area contributed by atoms with Crippen molar-refractivity contribution in [3.05, 3.63) is 29.8 Å². The van der Waals surface area contributed by atoms with Gasteiger partial charge in [0.1, 0.15) is 6.61 Å². The summed E-state index contributed by atoms with van der Waals surface area (Å²) in [5, 5.41) is 4.37. The van der Waals surface area contributed by atoms with Crippen LogP contribution in [0.25, 0.3) is 10.9 Å². The van der Waals surface area contributed by atoms with Crippen LogP contribution in [0, 0.1) is 6.92 Å². The summed E-state index contributed by atoms with van der Waals surface area (Å²) in [6.45, 7) is 3.62.